The molecular weight excluding hydrogens is 1250 g/mol. The molecule has 20 N–H and O–H groups in total. The number of aliphatic hydroxyl groups is 1. The largest absolute Gasteiger partial charge is 0.508 e. The van der Waals surface area contributed by atoms with E-state index in [1.807, 2.05) is 6.07 Å². The van der Waals surface area contributed by atoms with Crippen LogP contribution in [0, 0.1) is 11.3 Å². The van der Waals surface area contributed by atoms with Crippen molar-refractivity contribution in [3.05, 3.63) is 127 Å². The van der Waals surface area contributed by atoms with Crippen LogP contribution in [0.25, 0.3) is 21.7 Å². The number of nitrogens with zero attached hydrogens (tertiary/aromatic N) is 3. The number of fused-ring (bicyclic) bond motifs is 2. The van der Waals surface area contributed by atoms with Crippen LogP contribution in [0.15, 0.2) is 110 Å². The zero-order valence-corrected chi connectivity index (χ0v) is 54.0. The summed E-state index contributed by atoms with van der Waals surface area (Å²) in [6.45, 7) is 3.72. The Hall–Kier alpha value is -10.9. The molecule has 1 saturated heterocycles. The molecule has 97 heavy (non-hydrogen) atoms. The lowest BCUT2D eigenvalue weighted by molar-refractivity contribution is -0.142. The highest BCUT2D eigenvalue weighted by molar-refractivity contribution is 6.07. The number of H-pyrrole nitrogens is 2. The molecule has 9 atom stereocenters. The van der Waals surface area contributed by atoms with Crippen LogP contribution in [0.1, 0.15) is 82.5 Å². The summed E-state index contributed by atoms with van der Waals surface area (Å²) in [6, 6.07) is 11.9. The monoisotopic (exact) mass is 1340 g/mol. The summed E-state index contributed by atoms with van der Waals surface area (Å²) in [7, 11) is 0. The molecule has 6 aromatic rings. The number of carboxylic acid groups (broad SMARTS) is 1. The van der Waals surface area contributed by atoms with E-state index in [4.69, 9.17) is 22.6 Å². The van der Waals surface area contributed by atoms with Crippen molar-refractivity contribution in [1.82, 2.24) is 62.4 Å². The van der Waals surface area contributed by atoms with Crippen LogP contribution in [-0.2, 0) is 72.0 Å². The maximum absolute atomic E-state index is 15.8. The summed E-state index contributed by atoms with van der Waals surface area (Å²) in [4.78, 5) is 166. The van der Waals surface area contributed by atoms with Crippen molar-refractivity contribution in [2.45, 2.75) is 139 Å². The van der Waals surface area contributed by atoms with Crippen LogP contribution in [-0.4, -0.2) is 187 Å². The molecule has 3 heterocycles. The Balaban J connectivity index is 1.19. The van der Waals surface area contributed by atoms with Gasteiger partial charge in [-0.3, -0.25) is 63.0 Å². The second-order valence-corrected chi connectivity index (χ2v) is 24.2. The summed E-state index contributed by atoms with van der Waals surface area (Å²) in [6.07, 6.45) is 3.81. The number of aliphatic hydroxyl groups excluding tert-OH is 1. The van der Waals surface area contributed by atoms with Gasteiger partial charge in [-0.15, -0.1) is 0 Å². The SMILES string of the molecule is CC(C)C[C@H](NC(=O)[C@@H](C)N(C(=O)[C@H](Cc1ccc(O)cc1)NC(=O)[C@H](CO)NC(=O)[C@H](Cc1c[nH]c2ccccc12)NC(=O)[C@H](Cc1c[nH]cn1)NC(=O)[C@@H](N)CCC(=O)O)c1ccc2ccccc2c1)C(=O)N[C@@H](CCCNC(=N)N)C(=O)N1CCC[C@H]1C(=O)NCC(N)=O. The zero-order chi connectivity index (χ0) is 70.5. The molecule has 1 aliphatic heterocycles. The average molecular weight is 1340 g/mol. The minimum atomic E-state index is -1.85. The van der Waals surface area contributed by atoms with Crippen molar-refractivity contribution in [2.24, 2.45) is 23.1 Å². The highest BCUT2D eigenvalue weighted by Crippen LogP contribution is 2.27. The van der Waals surface area contributed by atoms with Crippen molar-refractivity contribution >= 4 is 98.4 Å². The number of hydrogen-bond acceptors (Lipinski definition) is 16. The van der Waals surface area contributed by atoms with Crippen molar-refractivity contribution < 1.29 is 68.1 Å². The smallest absolute Gasteiger partial charge is 0.303 e. The molecule has 0 spiro atoms. The molecule has 31 heteroatoms. The van der Waals surface area contributed by atoms with Gasteiger partial charge in [0, 0.05) is 67.8 Å². The van der Waals surface area contributed by atoms with E-state index in [-0.39, 0.29) is 87.8 Å². The van der Waals surface area contributed by atoms with E-state index >= 15 is 9.59 Å². The molecule has 7 rings (SSSR count). The Morgan fingerprint density at radius 1 is 0.701 bits per heavy atom. The van der Waals surface area contributed by atoms with Gasteiger partial charge in [0.15, 0.2) is 5.96 Å². The summed E-state index contributed by atoms with van der Waals surface area (Å²) >= 11 is 0. The number of amides is 10. The Morgan fingerprint density at radius 3 is 2.00 bits per heavy atom. The van der Waals surface area contributed by atoms with E-state index < -0.39 is 139 Å². The first-order valence-corrected chi connectivity index (χ1v) is 31.8. The molecule has 0 radical (unpaired) electrons. The Bertz CT molecular complexity index is 3790. The van der Waals surface area contributed by atoms with Gasteiger partial charge in [0.05, 0.1) is 31.2 Å². The van der Waals surface area contributed by atoms with Gasteiger partial charge in [-0.05, 0) is 104 Å². The number of anilines is 1. The number of hydrogen-bond donors (Lipinski definition) is 17. The van der Waals surface area contributed by atoms with E-state index in [0.29, 0.717) is 39.5 Å². The van der Waals surface area contributed by atoms with E-state index in [0.717, 1.165) is 10.3 Å². The third kappa shape index (κ3) is 21.0. The number of aromatic amines is 2. The van der Waals surface area contributed by atoms with Crippen molar-refractivity contribution in [2.75, 3.05) is 31.1 Å². The number of likely N-dealkylation sites (tertiary alicyclic amines) is 1. The van der Waals surface area contributed by atoms with E-state index in [9.17, 15) is 58.5 Å². The standard InChI is InChI=1S/C66H85N17O14/c1-36(2)26-49(59(91)76-48(14-8-24-72-66(69)70)64(96)82-25-9-15-54(82)63(95)74-33-55(68)86)77-57(89)37(3)83(43-19-18-39-10-4-5-11-40(39)28-43)65(97)52(27-38-16-20-44(85)21-17-38)80-62(94)53(34-84)81-60(92)50(29-41-31-73-47-13-7-6-12-45(41)47)79-61(93)51(30-42-32-71-35-75-42)78-58(90)46(67)22-23-56(87)88/h4-7,10-13,16-21,28,31-32,35-37,46,48-54,73,84-85H,8-9,14-15,22-27,29-30,33-34,67H2,1-3H3,(H2,68,86)(H,71,75)(H,74,95)(H,76,91)(H,77,89)(H,78,90)(H,79,93)(H,80,94)(H,81,92)(H,87,88)(H4,69,70,72)/t37-,46+,48+,49+,50+,51+,52+,53+,54+/m1/s1. The number of guanidine groups is 1. The predicted molar refractivity (Wildman–Crippen MR) is 356 cm³/mol. The molecule has 1 aliphatic rings. The van der Waals surface area contributed by atoms with Crippen molar-refractivity contribution in [3.63, 3.8) is 0 Å². The van der Waals surface area contributed by atoms with Gasteiger partial charge >= 0.3 is 5.97 Å². The van der Waals surface area contributed by atoms with Crippen LogP contribution >= 0.6 is 0 Å². The van der Waals surface area contributed by atoms with Gasteiger partial charge in [0.1, 0.15) is 54.1 Å². The van der Waals surface area contributed by atoms with Crippen molar-refractivity contribution in [3.8, 4) is 5.75 Å². The highest BCUT2D eigenvalue weighted by Gasteiger charge is 2.41. The number of phenols is 1. The van der Waals surface area contributed by atoms with Crippen LogP contribution in [0.4, 0.5) is 5.69 Å². The molecule has 0 aliphatic carbocycles. The van der Waals surface area contributed by atoms with Crippen LogP contribution in [0.5, 0.6) is 5.75 Å². The summed E-state index contributed by atoms with van der Waals surface area (Å²) in [5.41, 5.74) is 18.9. The molecule has 0 saturated carbocycles. The van der Waals surface area contributed by atoms with Gasteiger partial charge in [0.2, 0.25) is 53.2 Å². The Kier molecular flexibility index (Phi) is 26.5. The molecular formula is C66H85N17O14. The molecule has 0 unspecified atom stereocenters. The quantitative estimate of drug-likeness (QED) is 0.0131. The van der Waals surface area contributed by atoms with Crippen LogP contribution < -0.4 is 64.6 Å². The number of nitrogens with two attached hydrogens (primary N) is 3. The van der Waals surface area contributed by atoms with Crippen LogP contribution in [0.3, 0.4) is 0 Å². The van der Waals surface area contributed by atoms with Gasteiger partial charge < -0.3 is 89.9 Å². The number of aromatic hydroxyl groups is 1. The number of rotatable bonds is 35. The van der Waals surface area contributed by atoms with Crippen LogP contribution in [0.2, 0.25) is 0 Å². The first-order chi connectivity index (χ1) is 46.3. The van der Waals surface area contributed by atoms with Gasteiger partial charge in [-0.25, -0.2) is 4.98 Å². The lowest BCUT2D eigenvalue weighted by atomic mass is 10.00. The minimum absolute atomic E-state index is 0.0100. The first kappa shape index (κ1) is 73.5. The first-order valence-electron chi connectivity index (χ1n) is 31.8. The number of aliphatic carboxylic acids is 1. The molecule has 518 valence electrons. The fourth-order valence-electron chi connectivity index (χ4n) is 11.3. The summed E-state index contributed by atoms with van der Waals surface area (Å²) in [5.74, 6) is -10.4. The highest BCUT2D eigenvalue weighted by atomic mass is 16.4. The number of aromatic nitrogens is 3. The van der Waals surface area contributed by atoms with Crippen molar-refractivity contribution in [1.29, 1.82) is 5.41 Å². The predicted octanol–water partition coefficient (Wildman–Crippen LogP) is -0.806. The molecule has 0 bridgehead atoms. The third-order valence-electron chi connectivity index (χ3n) is 16.4. The molecule has 2 aromatic heterocycles. The second-order valence-electron chi connectivity index (χ2n) is 24.2. The lowest BCUT2D eigenvalue weighted by Crippen LogP contribution is -2.62. The number of nitrogens with one attached hydrogen (secondary N) is 11. The number of benzene rings is 4. The Morgan fingerprint density at radius 2 is 1.33 bits per heavy atom. The summed E-state index contributed by atoms with van der Waals surface area (Å²) in [5, 5.41) is 61.3. The zero-order valence-electron chi connectivity index (χ0n) is 54.0. The van der Waals surface area contributed by atoms with Gasteiger partial charge in [-0.2, -0.15) is 0 Å². The van der Waals surface area contributed by atoms with Gasteiger partial charge in [-0.1, -0.05) is 74.5 Å². The van der Waals surface area contributed by atoms with E-state index in [1.54, 1.807) is 80.7 Å². The maximum atomic E-state index is 15.8. The molecule has 4 aromatic carbocycles. The maximum Gasteiger partial charge on any atom is 0.303 e. The number of carbonyl (C=O) groups is 11. The summed E-state index contributed by atoms with van der Waals surface area (Å²) < 4.78 is 0. The minimum Gasteiger partial charge on any atom is -0.508 e. The number of para-hydroxylation sites is 1. The number of imidazole rings is 1. The van der Waals surface area contributed by atoms with E-state index in [1.165, 1.54) is 48.6 Å². The number of carboxylic acids is 1. The topological polar surface area (TPSA) is 498 Å². The molecule has 1 fully saturated rings. The normalized spacial score (nSPS) is 15.3. The number of primary amides is 1. The molecule has 10 amide bonds. The van der Waals surface area contributed by atoms with Gasteiger partial charge in [0.25, 0.3) is 5.91 Å². The second kappa shape index (κ2) is 35.0. The number of phenolic OH excluding ortho intramolecular Hbond substituents is 1. The lowest BCUT2D eigenvalue weighted by Gasteiger charge is -2.34. The Labute approximate surface area is 558 Å². The number of carbonyl (C=O) groups excluding carboxylic acids is 10. The fourth-order valence-corrected chi connectivity index (χ4v) is 11.3. The third-order valence-corrected chi connectivity index (χ3v) is 16.4. The average Bonchev–Trinajstić information content (AvgIpc) is 1.69. The molecule has 31 nitrogen and oxygen atoms in total. The fraction of sp³-hybridized carbons (Fsp3) is 0.409. The van der Waals surface area contributed by atoms with E-state index in [2.05, 4.69) is 57.5 Å².